The van der Waals surface area contributed by atoms with E-state index in [1.54, 1.807) is 30.5 Å². The number of nitrogens with zero attached hydrogens (tertiary/aromatic N) is 2. The molecule has 0 saturated carbocycles. The highest BCUT2D eigenvalue weighted by Gasteiger charge is 2.27. The summed E-state index contributed by atoms with van der Waals surface area (Å²) in [5.41, 5.74) is 2.88. The highest BCUT2D eigenvalue weighted by Crippen LogP contribution is 2.27. The van der Waals surface area contributed by atoms with Crippen LogP contribution >= 0.6 is 0 Å². The maximum Gasteiger partial charge on any atom is 0.256 e. The van der Waals surface area contributed by atoms with Gasteiger partial charge in [0, 0.05) is 18.3 Å². The molecule has 2 heterocycles. The normalized spacial score (nSPS) is 16.5. The number of carbonyl (C=O) groups excluding carboxylic acids is 1. The van der Waals surface area contributed by atoms with Crippen LogP contribution in [0.15, 0.2) is 36.5 Å². The first-order valence-electron chi connectivity index (χ1n) is 8.22. The minimum absolute atomic E-state index is 0.174. The van der Waals surface area contributed by atoms with Gasteiger partial charge in [-0.1, -0.05) is 0 Å². The van der Waals surface area contributed by atoms with Gasteiger partial charge in [0.25, 0.3) is 5.91 Å². The predicted molar refractivity (Wildman–Crippen MR) is 98.5 cm³/mol. The molecule has 1 saturated heterocycles. The Hall–Kier alpha value is -2.41. The molecule has 1 N–H and O–H groups in total. The zero-order valence-electron chi connectivity index (χ0n) is 14.3. The highest BCUT2D eigenvalue weighted by atomic mass is 32.2. The summed E-state index contributed by atoms with van der Waals surface area (Å²) in [7, 11) is -3.26. The Labute approximate surface area is 147 Å². The third kappa shape index (κ3) is 3.82. The van der Waals surface area contributed by atoms with Crippen LogP contribution in [0, 0.1) is 13.8 Å². The maximum absolute atomic E-state index is 12.4. The van der Waals surface area contributed by atoms with Gasteiger partial charge in [0.2, 0.25) is 10.0 Å². The zero-order valence-corrected chi connectivity index (χ0v) is 15.1. The van der Waals surface area contributed by atoms with Crippen LogP contribution in [0.1, 0.15) is 34.3 Å². The number of hydrogen-bond donors (Lipinski definition) is 1. The van der Waals surface area contributed by atoms with Crippen LogP contribution in [0.25, 0.3) is 0 Å². The Morgan fingerprint density at radius 2 is 1.96 bits per heavy atom. The molecule has 132 valence electrons. The summed E-state index contributed by atoms with van der Waals surface area (Å²) in [6.07, 6.45) is 3.18. The molecule has 6 nitrogen and oxygen atoms in total. The summed E-state index contributed by atoms with van der Waals surface area (Å²) in [6, 6.07) is 8.71. The maximum atomic E-state index is 12.4. The van der Waals surface area contributed by atoms with Crippen molar-refractivity contribution >= 4 is 27.4 Å². The summed E-state index contributed by atoms with van der Waals surface area (Å²) in [4.78, 5) is 16.5. The molecule has 0 atom stereocenters. The Morgan fingerprint density at radius 3 is 2.64 bits per heavy atom. The first-order chi connectivity index (χ1) is 11.9. The molecule has 0 bridgehead atoms. The van der Waals surface area contributed by atoms with Crippen molar-refractivity contribution in [2.75, 3.05) is 21.9 Å². The zero-order chi connectivity index (χ0) is 18.0. The number of hydrogen-bond acceptors (Lipinski definition) is 4. The van der Waals surface area contributed by atoms with Gasteiger partial charge in [0.1, 0.15) is 5.82 Å². The first kappa shape index (κ1) is 17.4. The van der Waals surface area contributed by atoms with Crippen molar-refractivity contribution in [1.29, 1.82) is 0 Å². The van der Waals surface area contributed by atoms with Crippen molar-refractivity contribution in [3.05, 3.63) is 53.2 Å². The molecule has 0 aliphatic carbocycles. The number of aryl methyl sites for hydroxylation is 2. The number of pyridine rings is 1. The molecule has 1 aliphatic rings. The van der Waals surface area contributed by atoms with Gasteiger partial charge in [-0.15, -0.1) is 0 Å². The number of benzene rings is 1. The summed E-state index contributed by atoms with van der Waals surface area (Å²) in [6.45, 7) is 4.23. The molecule has 2 aromatic rings. The number of aromatic nitrogens is 1. The number of anilines is 2. The summed E-state index contributed by atoms with van der Waals surface area (Å²) in [5.74, 6) is 0.396. The van der Waals surface area contributed by atoms with Crippen LogP contribution in [-0.2, 0) is 10.0 Å². The molecule has 1 aromatic carbocycles. The van der Waals surface area contributed by atoms with Crippen LogP contribution < -0.4 is 9.62 Å². The Morgan fingerprint density at radius 1 is 1.16 bits per heavy atom. The van der Waals surface area contributed by atoms with Crippen molar-refractivity contribution in [2.45, 2.75) is 26.7 Å². The van der Waals surface area contributed by atoms with Crippen molar-refractivity contribution in [3.63, 3.8) is 0 Å². The van der Waals surface area contributed by atoms with E-state index in [1.165, 1.54) is 4.31 Å². The Bertz CT molecular complexity index is 910. The molecule has 0 radical (unpaired) electrons. The lowest BCUT2D eigenvalue weighted by Crippen LogP contribution is -2.38. The molecule has 0 spiro atoms. The molecule has 3 rings (SSSR count). The standard InChI is InChI=1S/C18H21N3O3S/c1-13-7-8-19-17(11-13)20-18(22)15-5-6-16(14(2)12-15)21-9-3-4-10-25(21,23)24/h5-8,11-12H,3-4,9-10H2,1-2H3,(H,19,20,22). The van der Waals surface area contributed by atoms with E-state index in [2.05, 4.69) is 10.3 Å². The minimum Gasteiger partial charge on any atom is -0.307 e. The molecule has 25 heavy (non-hydrogen) atoms. The lowest BCUT2D eigenvalue weighted by Gasteiger charge is -2.29. The fraction of sp³-hybridized carbons (Fsp3) is 0.333. The van der Waals surface area contributed by atoms with Crippen LogP contribution in [0.3, 0.4) is 0 Å². The van der Waals surface area contributed by atoms with E-state index >= 15 is 0 Å². The largest absolute Gasteiger partial charge is 0.307 e. The summed E-state index contributed by atoms with van der Waals surface area (Å²) < 4.78 is 26.0. The van der Waals surface area contributed by atoms with Gasteiger partial charge in [-0.25, -0.2) is 13.4 Å². The fourth-order valence-electron chi connectivity index (χ4n) is 2.93. The predicted octanol–water partition coefficient (Wildman–Crippen LogP) is 2.88. The second kappa shape index (κ2) is 6.84. The second-order valence-corrected chi connectivity index (χ2v) is 8.28. The molecule has 1 fully saturated rings. The summed E-state index contributed by atoms with van der Waals surface area (Å²) >= 11 is 0. The molecule has 1 aliphatic heterocycles. The number of nitrogens with one attached hydrogen (secondary N) is 1. The lowest BCUT2D eigenvalue weighted by molar-refractivity contribution is 0.102. The van der Waals surface area contributed by atoms with E-state index < -0.39 is 10.0 Å². The molecule has 7 heteroatoms. The fourth-order valence-corrected chi connectivity index (χ4v) is 4.63. The van der Waals surface area contributed by atoms with Crippen molar-refractivity contribution in [2.24, 2.45) is 0 Å². The van der Waals surface area contributed by atoms with Gasteiger partial charge in [0.15, 0.2) is 0 Å². The van der Waals surface area contributed by atoms with E-state index in [0.717, 1.165) is 17.5 Å². The Kier molecular flexibility index (Phi) is 4.76. The van der Waals surface area contributed by atoms with Gasteiger partial charge in [-0.3, -0.25) is 9.10 Å². The Balaban J connectivity index is 1.83. The SMILES string of the molecule is Cc1ccnc(NC(=O)c2ccc(N3CCCCS3(=O)=O)c(C)c2)c1. The smallest absolute Gasteiger partial charge is 0.256 e. The second-order valence-electron chi connectivity index (χ2n) is 6.27. The molecule has 1 aromatic heterocycles. The molecule has 0 unspecified atom stereocenters. The van der Waals surface area contributed by atoms with Gasteiger partial charge in [-0.05, 0) is 68.1 Å². The van der Waals surface area contributed by atoms with Crippen molar-refractivity contribution in [3.8, 4) is 0 Å². The molecular formula is C18H21N3O3S. The van der Waals surface area contributed by atoms with Crippen LogP contribution in [0.2, 0.25) is 0 Å². The van der Waals surface area contributed by atoms with Crippen LogP contribution in [-0.4, -0.2) is 31.6 Å². The van der Waals surface area contributed by atoms with E-state index in [4.69, 9.17) is 0 Å². The van der Waals surface area contributed by atoms with E-state index in [1.807, 2.05) is 19.9 Å². The molecule has 1 amide bonds. The number of amides is 1. The summed E-state index contributed by atoms with van der Waals surface area (Å²) in [5, 5.41) is 2.76. The van der Waals surface area contributed by atoms with E-state index in [-0.39, 0.29) is 11.7 Å². The topological polar surface area (TPSA) is 79.4 Å². The average molecular weight is 359 g/mol. The molecular weight excluding hydrogens is 338 g/mol. The quantitative estimate of drug-likeness (QED) is 0.914. The van der Waals surface area contributed by atoms with Gasteiger partial charge in [-0.2, -0.15) is 0 Å². The third-order valence-electron chi connectivity index (χ3n) is 4.23. The van der Waals surface area contributed by atoms with Gasteiger partial charge < -0.3 is 5.32 Å². The lowest BCUT2D eigenvalue weighted by atomic mass is 10.1. The number of sulfonamides is 1. The van der Waals surface area contributed by atoms with Crippen LogP contribution in [0.4, 0.5) is 11.5 Å². The third-order valence-corrected chi connectivity index (χ3v) is 6.09. The van der Waals surface area contributed by atoms with Crippen molar-refractivity contribution < 1.29 is 13.2 Å². The monoisotopic (exact) mass is 359 g/mol. The average Bonchev–Trinajstić information content (AvgIpc) is 2.55. The van der Waals surface area contributed by atoms with Crippen LogP contribution in [0.5, 0.6) is 0 Å². The van der Waals surface area contributed by atoms with E-state index in [0.29, 0.717) is 30.0 Å². The van der Waals surface area contributed by atoms with Crippen molar-refractivity contribution in [1.82, 2.24) is 4.98 Å². The number of rotatable bonds is 3. The first-order valence-corrected chi connectivity index (χ1v) is 9.83. The number of carbonyl (C=O) groups is 1. The van der Waals surface area contributed by atoms with Gasteiger partial charge >= 0.3 is 0 Å². The van der Waals surface area contributed by atoms with E-state index in [9.17, 15) is 13.2 Å². The highest BCUT2D eigenvalue weighted by molar-refractivity contribution is 7.92. The van der Waals surface area contributed by atoms with Gasteiger partial charge in [0.05, 0.1) is 11.4 Å². The minimum atomic E-state index is -3.26.